The van der Waals surface area contributed by atoms with Gasteiger partial charge in [0.05, 0.1) is 12.2 Å². The molecule has 27 heavy (non-hydrogen) atoms. The molecule has 0 unspecified atom stereocenters. The monoisotopic (exact) mass is 363 g/mol. The van der Waals surface area contributed by atoms with E-state index in [1.54, 1.807) is 24.4 Å². The summed E-state index contributed by atoms with van der Waals surface area (Å²) in [5, 5.41) is 6.50. The van der Waals surface area contributed by atoms with Crippen molar-refractivity contribution in [3.05, 3.63) is 60.3 Å². The molecule has 136 valence electrons. The minimum Gasteiger partial charge on any atom is -0.489 e. The molecule has 7 heteroatoms. The van der Waals surface area contributed by atoms with E-state index < -0.39 is 0 Å². The van der Waals surface area contributed by atoms with Gasteiger partial charge >= 0.3 is 0 Å². The van der Waals surface area contributed by atoms with E-state index >= 15 is 0 Å². The summed E-state index contributed by atoms with van der Waals surface area (Å²) in [6, 6.07) is 14.5. The Morgan fingerprint density at radius 1 is 1.22 bits per heavy atom. The zero-order chi connectivity index (χ0) is 18.6. The molecule has 1 aliphatic heterocycles. The molecule has 1 aliphatic rings. The predicted octanol–water partition coefficient (Wildman–Crippen LogP) is 2.37. The lowest BCUT2D eigenvalue weighted by Gasteiger charge is -2.18. The van der Waals surface area contributed by atoms with Gasteiger partial charge in [-0.1, -0.05) is 18.2 Å². The van der Waals surface area contributed by atoms with Gasteiger partial charge in [0.2, 0.25) is 0 Å². The van der Waals surface area contributed by atoms with Crippen molar-refractivity contribution in [2.24, 2.45) is 0 Å². The number of hydrogen-bond donors (Lipinski definition) is 2. The van der Waals surface area contributed by atoms with Gasteiger partial charge < -0.3 is 20.1 Å². The van der Waals surface area contributed by atoms with E-state index in [2.05, 4.69) is 15.6 Å². The van der Waals surface area contributed by atoms with Crippen molar-refractivity contribution in [1.82, 2.24) is 10.3 Å². The molecule has 2 heterocycles. The Labute approximate surface area is 155 Å². The van der Waals surface area contributed by atoms with Crippen molar-refractivity contribution >= 4 is 28.4 Å². The normalized spacial score (nSPS) is 12.7. The number of pyridine rings is 1. The molecule has 0 saturated carbocycles. The number of nitrogens with one attached hydrogen (secondary N) is 2. The van der Waals surface area contributed by atoms with Gasteiger partial charge in [0.25, 0.3) is 11.8 Å². The highest BCUT2D eigenvalue weighted by molar-refractivity contribution is 5.99. The van der Waals surface area contributed by atoms with Crippen molar-refractivity contribution in [1.29, 1.82) is 0 Å². The molecule has 0 radical (unpaired) electrons. The number of benzene rings is 2. The molecule has 7 nitrogen and oxygen atoms in total. The van der Waals surface area contributed by atoms with Crippen LogP contribution >= 0.6 is 0 Å². The average Bonchev–Trinajstić information content (AvgIpc) is 2.70. The van der Waals surface area contributed by atoms with Gasteiger partial charge in [0.15, 0.2) is 6.61 Å². The molecule has 0 atom stereocenters. The molecule has 3 aromatic rings. The number of carbonyl (C=O) groups excluding carboxylic acids is 2. The van der Waals surface area contributed by atoms with Gasteiger partial charge in [-0.3, -0.25) is 14.6 Å². The first-order chi connectivity index (χ1) is 13.2. The molecule has 0 saturated heterocycles. The van der Waals surface area contributed by atoms with Crippen LogP contribution in [0.25, 0.3) is 10.9 Å². The Kier molecular flexibility index (Phi) is 4.57. The van der Waals surface area contributed by atoms with Gasteiger partial charge in [0, 0.05) is 17.1 Å². The van der Waals surface area contributed by atoms with E-state index in [0.717, 1.165) is 10.9 Å². The Morgan fingerprint density at radius 2 is 2.11 bits per heavy atom. The number of carbonyl (C=O) groups is 2. The van der Waals surface area contributed by atoms with Crippen LogP contribution in [0, 0.1) is 0 Å². The number of ether oxygens (including phenoxy) is 2. The van der Waals surface area contributed by atoms with Gasteiger partial charge in [-0.05, 0) is 30.3 Å². The Bertz CT molecular complexity index is 1010. The zero-order valence-corrected chi connectivity index (χ0v) is 14.4. The van der Waals surface area contributed by atoms with E-state index in [9.17, 15) is 9.59 Å². The SMILES string of the molecule is O=C1COc2cc(C(=O)NCCOc3cccc4cccnc34)ccc2N1. The molecule has 2 amide bonds. The van der Waals surface area contributed by atoms with Crippen molar-refractivity contribution in [3.8, 4) is 11.5 Å². The summed E-state index contributed by atoms with van der Waals surface area (Å²) in [5.41, 5.74) is 1.81. The minimum atomic E-state index is -0.238. The predicted molar refractivity (Wildman–Crippen MR) is 100 cm³/mol. The van der Waals surface area contributed by atoms with Crippen LogP contribution < -0.4 is 20.1 Å². The summed E-state index contributed by atoms with van der Waals surface area (Å²) in [5.74, 6) is 0.721. The molecule has 1 aromatic heterocycles. The maximum Gasteiger partial charge on any atom is 0.262 e. The molecular formula is C20H17N3O4. The first kappa shape index (κ1) is 16.8. The summed E-state index contributed by atoms with van der Waals surface area (Å²) in [6.45, 7) is 0.612. The van der Waals surface area contributed by atoms with Crippen LogP contribution in [0.4, 0.5) is 5.69 Å². The van der Waals surface area contributed by atoms with E-state index in [-0.39, 0.29) is 18.4 Å². The Hall–Kier alpha value is -3.61. The third-order valence-electron chi connectivity index (χ3n) is 4.12. The topological polar surface area (TPSA) is 89.6 Å². The van der Waals surface area contributed by atoms with Crippen molar-refractivity contribution < 1.29 is 19.1 Å². The summed E-state index contributed by atoms with van der Waals surface area (Å²) < 4.78 is 11.1. The zero-order valence-electron chi connectivity index (χ0n) is 14.4. The van der Waals surface area contributed by atoms with E-state index in [0.29, 0.717) is 35.9 Å². The van der Waals surface area contributed by atoms with Crippen LogP contribution in [-0.2, 0) is 4.79 Å². The average molecular weight is 363 g/mol. The minimum absolute atomic E-state index is 0.0506. The number of amides is 2. The molecule has 0 bridgehead atoms. The first-order valence-electron chi connectivity index (χ1n) is 8.52. The van der Waals surface area contributed by atoms with Gasteiger partial charge in [-0.25, -0.2) is 0 Å². The highest BCUT2D eigenvalue weighted by atomic mass is 16.5. The summed E-state index contributed by atoms with van der Waals surface area (Å²) in [4.78, 5) is 27.9. The van der Waals surface area contributed by atoms with Crippen molar-refractivity contribution in [3.63, 3.8) is 0 Å². The number of rotatable bonds is 5. The van der Waals surface area contributed by atoms with Crippen LogP contribution in [0.3, 0.4) is 0 Å². The van der Waals surface area contributed by atoms with E-state index in [1.807, 2.05) is 30.3 Å². The van der Waals surface area contributed by atoms with Crippen LogP contribution in [0.1, 0.15) is 10.4 Å². The summed E-state index contributed by atoms with van der Waals surface area (Å²) >= 11 is 0. The van der Waals surface area contributed by atoms with Crippen molar-refractivity contribution in [2.45, 2.75) is 0 Å². The van der Waals surface area contributed by atoms with Gasteiger partial charge in [-0.15, -0.1) is 0 Å². The van der Waals surface area contributed by atoms with Crippen LogP contribution in [-0.4, -0.2) is 36.6 Å². The lowest BCUT2D eigenvalue weighted by molar-refractivity contribution is -0.118. The number of para-hydroxylation sites is 1. The van der Waals surface area contributed by atoms with Gasteiger partial charge in [-0.2, -0.15) is 0 Å². The third kappa shape index (κ3) is 3.67. The molecular weight excluding hydrogens is 346 g/mol. The Morgan fingerprint density at radius 3 is 3.04 bits per heavy atom. The molecule has 0 aliphatic carbocycles. The highest BCUT2D eigenvalue weighted by Gasteiger charge is 2.17. The van der Waals surface area contributed by atoms with Gasteiger partial charge in [0.1, 0.15) is 23.6 Å². The number of nitrogens with zero attached hydrogens (tertiary/aromatic N) is 1. The fraction of sp³-hybridized carbons (Fsp3) is 0.150. The molecule has 2 N–H and O–H groups in total. The lowest BCUT2D eigenvalue weighted by Crippen LogP contribution is -2.29. The van der Waals surface area contributed by atoms with Crippen LogP contribution in [0.2, 0.25) is 0 Å². The van der Waals surface area contributed by atoms with E-state index in [1.165, 1.54) is 0 Å². The van der Waals surface area contributed by atoms with E-state index in [4.69, 9.17) is 9.47 Å². The fourth-order valence-electron chi connectivity index (χ4n) is 2.84. The summed E-state index contributed by atoms with van der Waals surface area (Å²) in [6.07, 6.45) is 1.72. The highest BCUT2D eigenvalue weighted by Crippen LogP contribution is 2.28. The van der Waals surface area contributed by atoms with Crippen LogP contribution in [0.5, 0.6) is 11.5 Å². The summed E-state index contributed by atoms with van der Waals surface area (Å²) in [7, 11) is 0. The second-order valence-electron chi connectivity index (χ2n) is 5.98. The lowest BCUT2D eigenvalue weighted by atomic mass is 10.1. The Balaban J connectivity index is 1.34. The smallest absolute Gasteiger partial charge is 0.262 e. The molecule has 4 rings (SSSR count). The number of fused-ring (bicyclic) bond motifs is 2. The number of hydrogen-bond acceptors (Lipinski definition) is 5. The maximum atomic E-state index is 12.3. The molecule has 0 fully saturated rings. The number of anilines is 1. The molecule has 0 spiro atoms. The molecule has 2 aromatic carbocycles. The van der Waals surface area contributed by atoms with Crippen molar-refractivity contribution in [2.75, 3.05) is 25.1 Å². The largest absolute Gasteiger partial charge is 0.489 e. The second-order valence-corrected chi connectivity index (χ2v) is 5.98. The third-order valence-corrected chi connectivity index (χ3v) is 4.12. The quantitative estimate of drug-likeness (QED) is 0.680. The van der Waals surface area contributed by atoms with Crippen LogP contribution in [0.15, 0.2) is 54.7 Å². The fourth-order valence-corrected chi connectivity index (χ4v) is 2.84. The second kappa shape index (κ2) is 7.33. The number of aromatic nitrogens is 1. The standard InChI is InChI=1S/C20H17N3O4/c24-18-12-27-17-11-14(6-7-15(17)23-18)20(25)22-9-10-26-16-5-1-3-13-4-2-8-21-19(13)16/h1-8,11H,9-10,12H2,(H,22,25)(H,23,24). The maximum absolute atomic E-state index is 12.3. The first-order valence-corrected chi connectivity index (χ1v) is 8.52.